The molecule has 0 bridgehead atoms. The third-order valence-electron chi connectivity index (χ3n) is 6.31. The van der Waals surface area contributed by atoms with Crippen molar-refractivity contribution in [3.8, 4) is 11.8 Å². The van der Waals surface area contributed by atoms with Crippen molar-refractivity contribution in [2.45, 2.75) is 65.7 Å². The van der Waals surface area contributed by atoms with Gasteiger partial charge in [-0.05, 0) is 73.8 Å². The third-order valence-corrected chi connectivity index (χ3v) is 6.31. The first-order valence-electron chi connectivity index (χ1n) is 10.8. The van der Waals surface area contributed by atoms with E-state index in [9.17, 15) is 0 Å². The van der Waals surface area contributed by atoms with Gasteiger partial charge in [-0.25, -0.2) is 0 Å². The van der Waals surface area contributed by atoms with Crippen molar-refractivity contribution >= 4 is 0 Å². The second-order valence-corrected chi connectivity index (χ2v) is 8.56. The van der Waals surface area contributed by atoms with Gasteiger partial charge >= 0.3 is 0 Å². The van der Waals surface area contributed by atoms with E-state index in [2.05, 4.69) is 81.1 Å². The van der Waals surface area contributed by atoms with Gasteiger partial charge in [-0.15, -0.1) is 0 Å². The largest absolute Gasteiger partial charge is 0.0654 e. The molecule has 0 aromatic heterocycles. The van der Waals surface area contributed by atoms with Crippen molar-refractivity contribution < 1.29 is 0 Å². The summed E-state index contributed by atoms with van der Waals surface area (Å²) < 4.78 is 0. The Bertz CT molecular complexity index is 746. The average molecular weight is 359 g/mol. The monoisotopic (exact) mass is 358 g/mol. The third kappa shape index (κ3) is 6.00. The lowest BCUT2D eigenvalue weighted by atomic mass is 9.74. The van der Waals surface area contributed by atoms with E-state index in [1.165, 1.54) is 56.1 Å². The lowest BCUT2D eigenvalue weighted by Crippen LogP contribution is -2.21. The Morgan fingerprint density at radius 1 is 0.852 bits per heavy atom. The van der Waals surface area contributed by atoms with Crippen LogP contribution < -0.4 is 0 Å². The van der Waals surface area contributed by atoms with Crippen LogP contribution in [0.5, 0.6) is 0 Å². The van der Waals surface area contributed by atoms with Gasteiger partial charge in [-0.3, -0.25) is 0 Å². The molecule has 27 heavy (non-hydrogen) atoms. The molecule has 0 N–H and O–H groups in total. The maximum atomic E-state index is 3.29. The maximum absolute atomic E-state index is 3.29. The zero-order valence-corrected chi connectivity index (χ0v) is 17.3. The molecule has 2 aromatic carbocycles. The Labute approximate surface area is 166 Å². The molecule has 1 aliphatic rings. The van der Waals surface area contributed by atoms with Gasteiger partial charge in [-0.1, -0.05) is 81.2 Å². The molecule has 1 atom stereocenters. The summed E-state index contributed by atoms with van der Waals surface area (Å²) in [6.07, 6.45) is 9.77. The Morgan fingerprint density at radius 2 is 1.41 bits per heavy atom. The maximum Gasteiger partial charge on any atom is 0.0249 e. The summed E-state index contributed by atoms with van der Waals surface area (Å²) in [5.74, 6) is 9.26. The molecule has 1 aliphatic carbocycles. The van der Waals surface area contributed by atoms with E-state index in [1.807, 2.05) is 0 Å². The molecule has 1 saturated carbocycles. The minimum absolute atomic E-state index is 0.789. The second kappa shape index (κ2) is 9.80. The molecular formula is C27H34. The van der Waals surface area contributed by atoms with Gasteiger partial charge in [0.2, 0.25) is 0 Å². The van der Waals surface area contributed by atoms with Gasteiger partial charge in [0.25, 0.3) is 0 Å². The lowest BCUT2D eigenvalue weighted by Gasteiger charge is -2.32. The van der Waals surface area contributed by atoms with Crippen molar-refractivity contribution in [3.05, 3.63) is 70.8 Å². The van der Waals surface area contributed by atoms with E-state index in [1.54, 1.807) is 0 Å². The first kappa shape index (κ1) is 19.8. The second-order valence-electron chi connectivity index (χ2n) is 8.56. The molecule has 0 radical (unpaired) electrons. The van der Waals surface area contributed by atoms with Gasteiger partial charge in [0.05, 0.1) is 0 Å². The predicted molar refractivity (Wildman–Crippen MR) is 117 cm³/mol. The fourth-order valence-electron chi connectivity index (χ4n) is 4.50. The molecule has 0 nitrogen and oxygen atoms in total. The number of rotatable bonds is 5. The Kier molecular flexibility index (Phi) is 7.17. The van der Waals surface area contributed by atoms with Gasteiger partial charge in [0.1, 0.15) is 0 Å². The SMILES string of the molecule is CCCC1CCC(C(C)Cc2ccc(C#Cc3ccc(C)cc3)cc2)CC1. The van der Waals surface area contributed by atoms with Crippen LogP contribution in [0.3, 0.4) is 0 Å². The first-order chi connectivity index (χ1) is 13.1. The number of hydrogen-bond donors (Lipinski definition) is 0. The van der Waals surface area contributed by atoms with Gasteiger partial charge in [-0.2, -0.15) is 0 Å². The molecule has 2 aromatic rings. The molecule has 0 amide bonds. The molecule has 0 saturated heterocycles. The van der Waals surface area contributed by atoms with Crippen LogP contribution in [0.15, 0.2) is 48.5 Å². The van der Waals surface area contributed by atoms with Crippen molar-refractivity contribution in [1.82, 2.24) is 0 Å². The van der Waals surface area contributed by atoms with E-state index in [-0.39, 0.29) is 0 Å². The molecule has 3 rings (SSSR count). The van der Waals surface area contributed by atoms with Crippen LogP contribution >= 0.6 is 0 Å². The summed E-state index contributed by atoms with van der Waals surface area (Å²) in [7, 11) is 0. The normalized spacial score (nSPS) is 20.6. The Morgan fingerprint density at radius 3 is 1.96 bits per heavy atom. The minimum Gasteiger partial charge on any atom is -0.0654 e. The fourth-order valence-corrected chi connectivity index (χ4v) is 4.50. The topological polar surface area (TPSA) is 0 Å². The Balaban J connectivity index is 1.52. The molecule has 0 spiro atoms. The van der Waals surface area contributed by atoms with Gasteiger partial charge in [0.15, 0.2) is 0 Å². The number of aryl methyl sites for hydroxylation is 1. The van der Waals surface area contributed by atoms with E-state index < -0.39 is 0 Å². The fraction of sp³-hybridized carbons (Fsp3) is 0.481. The Hall–Kier alpha value is -2.00. The quantitative estimate of drug-likeness (QED) is 0.497. The van der Waals surface area contributed by atoms with E-state index in [0.717, 1.165) is 28.9 Å². The highest BCUT2D eigenvalue weighted by Crippen LogP contribution is 2.36. The molecule has 142 valence electrons. The van der Waals surface area contributed by atoms with E-state index >= 15 is 0 Å². The van der Waals surface area contributed by atoms with Crippen LogP contribution in [-0.2, 0) is 6.42 Å². The van der Waals surface area contributed by atoms with Crippen molar-refractivity contribution in [2.75, 3.05) is 0 Å². The van der Waals surface area contributed by atoms with Crippen LogP contribution in [0.4, 0.5) is 0 Å². The minimum atomic E-state index is 0.789. The van der Waals surface area contributed by atoms with Gasteiger partial charge in [0, 0.05) is 11.1 Å². The summed E-state index contributed by atoms with van der Waals surface area (Å²) in [5.41, 5.74) is 4.92. The molecule has 1 fully saturated rings. The smallest absolute Gasteiger partial charge is 0.0249 e. The molecule has 0 heterocycles. The standard InChI is InChI=1S/C27H34/c1-4-5-23-16-18-27(19-17-23)22(3)20-26-14-12-25(13-15-26)11-10-24-8-6-21(2)7-9-24/h6-9,12-15,22-23,27H,4-5,16-20H2,1-3H3. The highest BCUT2D eigenvalue weighted by atomic mass is 14.3. The molecule has 0 heteroatoms. The predicted octanol–water partition coefficient (Wildman–Crippen LogP) is 7.18. The summed E-state index contributed by atoms with van der Waals surface area (Å²) in [6, 6.07) is 17.3. The number of benzene rings is 2. The van der Waals surface area contributed by atoms with Crippen molar-refractivity contribution in [2.24, 2.45) is 17.8 Å². The lowest BCUT2D eigenvalue weighted by molar-refractivity contribution is 0.206. The van der Waals surface area contributed by atoms with Crippen LogP contribution in [0, 0.1) is 36.5 Å². The average Bonchev–Trinajstić information content (AvgIpc) is 2.69. The first-order valence-corrected chi connectivity index (χ1v) is 10.8. The van der Waals surface area contributed by atoms with E-state index in [4.69, 9.17) is 0 Å². The molecule has 1 unspecified atom stereocenters. The van der Waals surface area contributed by atoms with Crippen LogP contribution in [0.1, 0.15) is 74.6 Å². The molecule has 0 aliphatic heterocycles. The van der Waals surface area contributed by atoms with Crippen LogP contribution in [-0.4, -0.2) is 0 Å². The zero-order valence-electron chi connectivity index (χ0n) is 17.3. The highest BCUT2D eigenvalue weighted by Gasteiger charge is 2.24. The van der Waals surface area contributed by atoms with Crippen LogP contribution in [0.25, 0.3) is 0 Å². The van der Waals surface area contributed by atoms with Crippen molar-refractivity contribution in [3.63, 3.8) is 0 Å². The van der Waals surface area contributed by atoms with Crippen molar-refractivity contribution in [1.29, 1.82) is 0 Å². The molecular weight excluding hydrogens is 324 g/mol. The highest BCUT2D eigenvalue weighted by molar-refractivity contribution is 5.44. The van der Waals surface area contributed by atoms with E-state index in [0.29, 0.717) is 0 Å². The summed E-state index contributed by atoms with van der Waals surface area (Å²) >= 11 is 0. The van der Waals surface area contributed by atoms with Gasteiger partial charge < -0.3 is 0 Å². The zero-order chi connectivity index (χ0) is 19.1. The van der Waals surface area contributed by atoms with Crippen LogP contribution in [0.2, 0.25) is 0 Å². The number of hydrogen-bond acceptors (Lipinski definition) is 0. The summed E-state index contributed by atoms with van der Waals surface area (Å²) in [5, 5.41) is 0. The summed E-state index contributed by atoms with van der Waals surface area (Å²) in [4.78, 5) is 0. The summed E-state index contributed by atoms with van der Waals surface area (Å²) in [6.45, 7) is 6.88.